The molecule has 0 saturated carbocycles. The minimum Gasteiger partial charge on any atom is -0.298 e. The first-order chi connectivity index (χ1) is 13.1. The van der Waals surface area contributed by atoms with Crippen molar-refractivity contribution < 1.29 is 4.79 Å². The van der Waals surface area contributed by atoms with Gasteiger partial charge in [-0.1, -0.05) is 59.8 Å². The van der Waals surface area contributed by atoms with Crippen LogP contribution in [0.2, 0.25) is 0 Å². The summed E-state index contributed by atoms with van der Waals surface area (Å²) in [5, 5.41) is 11.5. The normalized spacial score (nSPS) is 18.1. The molecule has 0 spiro atoms. The summed E-state index contributed by atoms with van der Waals surface area (Å²) in [7, 11) is 0. The zero-order valence-electron chi connectivity index (χ0n) is 15.3. The standard InChI is InChI=1S/C21H20N4OS/c1-4-11-27-21-23-20(26)18-15-7-5-6-8-17(15)22-19(25(18)24-21)16-12-13(2)9-10-14(16)3/h4-10,12,19H,1,11H2,2-3H3,(H,23,24,26). The van der Waals surface area contributed by atoms with Gasteiger partial charge in [0.15, 0.2) is 11.3 Å². The molecule has 0 bridgehead atoms. The monoisotopic (exact) mass is 376 g/mol. The van der Waals surface area contributed by atoms with Crippen LogP contribution in [0.1, 0.15) is 22.9 Å². The highest BCUT2D eigenvalue weighted by Gasteiger charge is 2.34. The number of rotatable bonds is 3. The van der Waals surface area contributed by atoms with Crippen LogP contribution in [0.4, 0.5) is 0 Å². The Kier molecular flexibility index (Phi) is 4.58. The summed E-state index contributed by atoms with van der Waals surface area (Å²) < 4.78 is 0. The summed E-state index contributed by atoms with van der Waals surface area (Å²) in [5.74, 6) is 0.513. The summed E-state index contributed by atoms with van der Waals surface area (Å²) in [6.07, 6.45) is 1.41. The van der Waals surface area contributed by atoms with Crippen LogP contribution in [0.5, 0.6) is 0 Å². The molecule has 2 aliphatic heterocycles. The maximum atomic E-state index is 12.9. The van der Waals surface area contributed by atoms with Gasteiger partial charge in [0.05, 0.1) is 5.36 Å². The Morgan fingerprint density at radius 2 is 2.07 bits per heavy atom. The van der Waals surface area contributed by atoms with Gasteiger partial charge in [0.25, 0.3) is 5.91 Å². The number of amidine groups is 1. The lowest BCUT2D eigenvalue weighted by molar-refractivity contribution is -0.116. The number of hydrogen-bond acceptors (Lipinski definition) is 5. The molecule has 0 aromatic heterocycles. The van der Waals surface area contributed by atoms with Gasteiger partial charge < -0.3 is 0 Å². The zero-order chi connectivity index (χ0) is 19.0. The highest BCUT2D eigenvalue weighted by molar-refractivity contribution is 8.14. The van der Waals surface area contributed by atoms with Crippen LogP contribution in [-0.2, 0) is 4.79 Å². The fraction of sp³-hybridized carbons (Fsp3) is 0.190. The van der Waals surface area contributed by atoms with E-state index >= 15 is 0 Å². The number of hydrogen-bond donors (Lipinski definition) is 1. The van der Waals surface area contributed by atoms with Gasteiger partial charge in [-0.25, -0.2) is 5.01 Å². The maximum Gasteiger partial charge on any atom is 0.276 e. The van der Waals surface area contributed by atoms with Crippen molar-refractivity contribution in [3.8, 4) is 0 Å². The molecular weight excluding hydrogens is 356 g/mol. The summed E-state index contributed by atoms with van der Waals surface area (Å²) in [6, 6.07) is 14.0. The summed E-state index contributed by atoms with van der Waals surface area (Å²) in [5.41, 5.74) is 3.86. The van der Waals surface area contributed by atoms with E-state index in [9.17, 15) is 4.79 Å². The molecule has 27 heavy (non-hydrogen) atoms. The van der Waals surface area contributed by atoms with E-state index in [0.29, 0.717) is 16.6 Å². The molecule has 1 amide bonds. The van der Waals surface area contributed by atoms with Crippen LogP contribution < -0.4 is 15.9 Å². The number of amides is 1. The summed E-state index contributed by atoms with van der Waals surface area (Å²) >= 11 is 1.45. The molecule has 2 aromatic rings. The Hall–Kier alpha value is -2.86. The molecule has 1 unspecified atom stereocenters. The second-order valence-corrected chi connectivity index (χ2v) is 7.54. The maximum absolute atomic E-state index is 12.9. The minimum atomic E-state index is -0.375. The number of thioether (sulfide) groups is 1. The van der Waals surface area contributed by atoms with Gasteiger partial charge in [0, 0.05) is 16.5 Å². The minimum absolute atomic E-state index is 0.158. The number of fused-ring (bicyclic) bond motifs is 2. The van der Waals surface area contributed by atoms with Crippen LogP contribution in [0.25, 0.3) is 5.70 Å². The summed E-state index contributed by atoms with van der Waals surface area (Å²) in [4.78, 5) is 17.9. The Bertz CT molecular complexity index is 1090. The smallest absolute Gasteiger partial charge is 0.276 e. The molecule has 2 heterocycles. The second kappa shape index (κ2) is 7.04. The first-order valence-electron chi connectivity index (χ1n) is 8.75. The van der Waals surface area contributed by atoms with Crippen LogP contribution >= 0.6 is 11.8 Å². The molecule has 0 aliphatic carbocycles. The van der Waals surface area contributed by atoms with Crippen molar-refractivity contribution in [1.82, 2.24) is 10.3 Å². The third-order valence-electron chi connectivity index (χ3n) is 4.57. The predicted octanol–water partition coefficient (Wildman–Crippen LogP) is 2.37. The van der Waals surface area contributed by atoms with Gasteiger partial charge in [-0.05, 0) is 25.5 Å². The molecule has 0 saturated heterocycles. The lowest BCUT2D eigenvalue weighted by Gasteiger charge is -2.34. The lowest BCUT2D eigenvalue weighted by atomic mass is 10.0. The number of hydrazone groups is 1. The number of carbonyl (C=O) groups is 1. The van der Waals surface area contributed by atoms with E-state index in [2.05, 4.69) is 43.9 Å². The highest BCUT2D eigenvalue weighted by Crippen LogP contribution is 2.32. The van der Waals surface area contributed by atoms with Crippen LogP contribution in [0.3, 0.4) is 0 Å². The van der Waals surface area contributed by atoms with E-state index in [-0.39, 0.29) is 12.1 Å². The van der Waals surface area contributed by atoms with Crippen LogP contribution in [-0.4, -0.2) is 21.8 Å². The number of nitrogens with zero attached hydrogens (tertiary/aromatic N) is 3. The molecule has 136 valence electrons. The predicted molar refractivity (Wildman–Crippen MR) is 109 cm³/mol. The van der Waals surface area contributed by atoms with Crippen molar-refractivity contribution in [3.05, 3.63) is 82.4 Å². The van der Waals surface area contributed by atoms with Gasteiger partial charge in [-0.15, -0.1) is 11.7 Å². The van der Waals surface area contributed by atoms with Crippen molar-refractivity contribution in [2.75, 3.05) is 5.75 Å². The SMILES string of the molecule is C=CCSC1=NN2C(=c3ccccc3=NC2c2cc(C)ccc2C)C(=O)N1. The molecular formula is C21H20N4OS. The quantitative estimate of drug-likeness (QED) is 0.837. The van der Waals surface area contributed by atoms with E-state index < -0.39 is 0 Å². The van der Waals surface area contributed by atoms with Gasteiger partial charge in [-0.3, -0.25) is 15.1 Å². The van der Waals surface area contributed by atoms with Crippen molar-refractivity contribution in [3.63, 3.8) is 0 Å². The van der Waals surface area contributed by atoms with Gasteiger partial charge in [-0.2, -0.15) is 0 Å². The molecule has 1 N–H and O–H groups in total. The van der Waals surface area contributed by atoms with E-state index in [4.69, 9.17) is 10.1 Å². The molecule has 5 nitrogen and oxygen atoms in total. The van der Waals surface area contributed by atoms with Crippen LogP contribution in [0, 0.1) is 13.8 Å². The topological polar surface area (TPSA) is 57.1 Å². The molecule has 0 fully saturated rings. The van der Waals surface area contributed by atoms with E-state index in [1.165, 1.54) is 11.8 Å². The fourth-order valence-electron chi connectivity index (χ4n) is 3.27. The van der Waals surface area contributed by atoms with Gasteiger partial charge in [0.2, 0.25) is 0 Å². The average Bonchev–Trinajstić information content (AvgIpc) is 2.67. The van der Waals surface area contributed by atoms with Crippen molar-refractivity contribution >= 4 is 28.5 Å². The van der Waals surface area contributed by atoms with Crippen LogP contribution in [0.15, 0.2) is 65.2 Å². The molecule has 1 atom stereocenters. The Morgan fingerprint density at radius 3 is 2.89 bits per heavy atom. The Balaban J connectivity index is 1.94. The average molecular weight is 376 g/mol. The van der Waals surface area contributed by atoms with Gasteiger partial charge >= 0.3 is 0 Å². The molecule has 6 heteroatoms. The second-order valence-electron chi connectivity index (χ2n) is 6.53. The lowest BCUT2D eigenvalue weighted by Crippen LogP contribution is -2.50. The van der Waals surface area contributed by atoms with E-state index in [0.717, 1.165) is 27.3 Å². The molecule has 2 aromatic carbocycles. The molecule has 0 radical (unpaired) electrons. The van der Waals surface area contributed by atoms with Crippen molar-refractivity contribution in [1.29, 1.82) is 0 Å². The number of benzene rings is 2. The first-order valence-corrected chi connectivity index (χ1v) is 9.74. The number of carbonyl (C=O) groups excluding carboxylic acids is 1. The number of nitrogens with one attached hydrogen (secondary N) is 1. The highest BCUT2D eigenvalue weighted by atomic mass is 32.2. The third-order valence-corrected chi connectivity index (χ3v) is 5.43. The van der Waals surface area contributed by atoms with E-state index in [1.807, 2.05) is 24.3 Å². The number of aryl methyl sites for hydroxylation is 2. The van der Waals surface area contributed by atoms with Crippen molar-refractivity contribution in [2.45, 2.75) is 20.0 Å². The van der Waals surface area contributed by atoms with Crippen molar-refractivity contribution in [2.24, 2.45) is 10.1 Å². The molecule has 2 aliphatic rings. The Morgan fingerprint density at radius 1 is 1.26 bits per heavy atom. The van der Waals surface area contributed by atoms with E-state index in [1.54, 1.807) is 11.1 Å². The number of para-hydroxylation sites is 1. The first kappa shape index (κ1) is 17.5. The summed E-state index contributed by atoms with van der Waals surface area (Å²) in [6.45, 7) is 7.85. The van der Waals surface area contributed by atoms with Gasteiger partial charge in [0.1, 0.15) is 5.70 Å². The largest absolute Gasteiger partial charge is 0.298 e. The third kappa shape index (κ3) is 3.17. The fourth-order valence-corrected chi connectivity index (χ4v) is 3.86. The zero-order valence-corrected chi connectivity index (χ0v) is 16.1. The molecule has 4 rings (SSSR count). The Labute approximate surface area is 162 Å².